The fourth-order valence-electron chi connectivity index (χ4n) is 1.27. The van der Waals surface area contributed by atoms with E-state index in [9.17, 15) is 4.79 Å². The Hall–Kier alpha value is -2.32. The molecule has 92 valence electrons. The lowest BCUT2D eigenvalue weighted by Crippen LogP contribution is -2.19. The van der Waals surface area contributed by atoms with Crippen LogP contribution in [0.1, 0.15) is 11.1 Å². The summed E-state index contributed by atoms with van der Waals surface area (Å²) in [6, 6.07) is 8.10. The Bertz CT molecular complexity index is 556. The van der Waals surface area contributed by atoms with E-state index in [1.54, 1.807) is 12.1 Å². The molecule has 0 saturated heterocycles. The number of aliphatic carboxylic acids is 1. The number of halogens is 1. The molecule has 0 amide bonds. The monoisotopic (exact) mass is 263 g/mol. The van der Waals surface area contributed by atoms with E-state index >= 15 is 0 Å². The van der Waals surface area contributed by atoms with Crippen LogP contribution in [0.2, 0.25) is 0 Å². The Morgan fingerprint density at radius 1 is 1.44 bits per heavy atom. The van der Waals surface area contributed by atoms with Gasteiger partial charge < -0.3 is 10.4 Å². The van der Waals surface area contributed by atoms with Crippen molar-refractivity contribution in [3.63, 3.8) is 0 Å². The molecule has 3 N–H and O–H groups in total. The topological polar surface area (TPSA) is 97.0 Å². The van der Waals surface area contributed by atoms with Crippen molar-refractivity contribution in [1.29, 1.82) is 10.7 Å². The molecule has 18 heavy (non-hydrogen) atoms. The number of nitriles is 1. The van der Waals surface area contributed by atoms with Crippen LogP contribution in [0.5, 0.6) is 0 Å². The average molecular weight is 264 g/mol. The van der Waals surface area contributed by atoms with Crippen LogP contribution in [0.3, 0.4) is 0 Å². The average Bonchev–Trinajstić information content (AvgIpc) is 2.38. The van der Waals surface area contributed by atoms with Crippen LogP contribution in [-0.4, -0.2) is 23.8 Å². The number of allylic oxidation sites excluding steroid dienone is 1. The molecule has 0 aliphatic rings. The summed E-state index contributed by atoms with van der Waals surface area (Å²) in [5.41, 5.74) is 0.533. The van der Waals surface area contributed by atoms with Gasteiger partial charge in [-0.15, -0.1) is 0 Å². The maximum Gasteiger partial charge on any atom is 0.353 e. The van der Waals surface area contributed by atoms with Crippen molar-refractivity contribution in [3.05, 3.63) is 46.1 Å². The lowest BCUT2D eigenvalue weighted by molar-refractivity contribution is -0.133. The number of carboxylic acids is 1. The molecule has 0 aliphatic heterocycles. The first-order valence-electron chi connectivity index (χ1n) is 4.91. The Labute approximate surface area is 109 Å². The fourth-order valence-corrected chi connectivity index (χ4v) is 1.56. The zero-order chi connectivity index (χ0) is 13.7. The van der Waals surface area contributed by atoms with E-state index < -0.39 is 5.97 Å². The van der Waals surface area contributed by atoms with Gasteiger partial charge in [0.25, 0.3) is 0 Å². The minimum absolute atomic E-state index is 0.118. The summed E-state index contributed by atoms with van der Waals surface area (Å²) >= 11 is 5.85. The van der Waals surface area contributed by atoms with Gasteiger partial charge in [-0.2, -0.15) is 5.26 Å². The number of rotatable bonds is 4. The summed E-state index contributed by atoms with van der Waals surface area (Å²) < 4.78 is 0. The van der Waals surface area contributed by atoms with Gasteiger partial charge in [0.05, 0.1) is 22.4 Å². The number of nitrogens with one attached hydrogen (secondary N) is 2. The van der Waals surface area contributed by atoms with Crippen LogP contribution in [0, 0.1) is 16.7 Å². The zero-order valence-electron chi connectivity index (χ0n) is 9.49. The highest BCUT2D eigenvalue weighted by molar-refractivity contribution is 6.47. The molecule has 0 aromatic heterocycles. The van der Waals surface area contributed by atoms with Gasteiger partial charge in [0, 0.05) is 12.6 Å². The van der Waals surface area contributed by atoms with Crippen molar-refractivity contribution in [2.45, 2.75) is 0 Å². The van der Waals surface area contributed by atoms with Gasteiger partial charge in [0.1, 0.15) is 5.70 Å². The van der Waals surface area contributed by atoms with Crippen LogP contribution < -0.4 is 5.32 Å². The van der Waals surface area contributed by atoms with E-state index in [1.807, 2.05) is 6.07 Å². The molecular formula is C12H10ClN3O2. The van der Waals surface area contributed by atoms with Crippen LogP contribution in [0.4, 0.5) is 0 Å². The van der Waals surface area contributed by atoms with E-state index in [-0.39, 0.29) is 16.4 Å². The van der Waals surface area contributed by atoms with Crippen molar-refractivity contribution in [2.75, 3.05) is 7.05 Å². The maximum atomic E-state index is 10.9. The van der Waals surface area contributed by atoms with Crippen LogP contribution in [-0.2, 0) is 4.79 Å². The second-order valence-electron chi connectivity index (χ2n) is 3.31. The molecular weight excluding hydrogens is 254 g/mol. The van der Waals surface area contributed by atoms with Crippen LogP contribution >= 0.6 is 11.6 Å². The first kappa shape index (κ1) is 13.7. The van der Waals surface area contributed by atoms with Crippen molar-refractivity contribution in [1.82, 2.24) is 5.32 Å². The highest BCUT2D eigenvalue weighted by Gasteiger charge is 2.16. The minimum Gasteiger partial charge on any atom is -0.477 e. The molecule has 0 radical (unpaired) electrons. The number of benzene rings is 1. The quantitative estimate of drug-likeness (QED) is 0.569. The van der Waals surface area contributed by atoms with Crippen LogP contribution in [0.25, 0.3) is 0 Å². The third-order valence-corrected chi connectivity index (χ3v) is 2.58. The first-order valence-corrected chi connectivity index (χ1v) is 5.29. The maximum absolute atomic E-state index is 10.9. The normalized spacial score (nSPS) is 11.2. The van der Waals surface area contributed by atoms with Crippen LogP contribution in [0.15, 0.2) is 35.0 Å². The summed E-state index contributed by atoms with van der Waals surface area (Å²) in [4.78, 5) is 10.9. The van der Waals surface area contributed by atoms with Crippen molar-refractivity contribution >= 4 is 23.3 Å². The highest BCUT2D eigenvalue weighted by atomic mass is 35.5. The summed E-state index contributed by atoms with van der Waals surface area (Å²) in [5.74, 6) is -1.24. The van der Waals surface area contributed by atoms with E-state index in [1.165, 1.54) is 19.2 Å². The molecule has 0 spiro atoms. The molecule has 0 unspecified atom stereocenters. The third kappa shape index (κ3) is 2.87. The van der Waals surface area contributed by atoms with Gasteiger partial charge >= 0.3 is 5.97 Å². The van der Waals surface area contributed by atoms with E-state index in [2.05, 4.69) is 5.32 Å². The summed E-state index contributed by atoms with van der Waals surface area (Å²) in [6.07, 6.45) is 0. The Morgan fingerprint density at radius 2 is 2.00 bits per heavy atom. The number of carbonyl (C=O) groups is 1. The largest absolute Gasteiger partial charge is 0.477 e. The Morgan fingerprint density at radius 3 is 2.39 bits per heavy atom. The predicted molar refractivity (Wildman–Crippen MR) is 67.6 cm³/mol. The summed E-state index contributed by atoms with van der Waals surface area (Å²) in [7, 11) is 1.41. The molecule has 0 fully saturated rings. The second-order valence-corrected chi connectivity index (χ2v) is 3.69. The lowest BCUT2D eigenvalue weighted by atomic mass is 10.1. The number of hydrogen-bond donors (Lipinski definition) is 3. The molecule has 1 aromatic carbocycles. The van der Waals surface area contributed by atoms with E-state index in [4.69, 9.17) is 27.4 Å². The standard InChI is InChI=1S/C12H10ClN3O2/c1-16-11(12(17)18)9(13)10(15)8-4-2-7(6-14)3-5-8/h2-5,15-16H,1H3,(H,17,18)/b11-9+,15-10?. The van der Waals surface area contributed by atoms with E-state index in [0.717, 1.165) is 0 Å². The van der Waals surface area contributed by atoms with Crippen molar-refractivity contribution in [3.8, 4) is 6.07 Å². The molecule has 1 rings (SSSR count). The molecule has 0 saturated carbocycles. The van der Waals surface area contributed by atoms with Gasteiger partial charge in [-0.3, -0.25) is 5.41 Å². The molecule has 0 atom stereocenters. The Kier molecular flexibility index (Phi) is 4.46. The molecule has 0 heterocycles. The first-order chi connectivity index (χ1) is 8.51. The molecule has 5 nitrogen and oxygen atoms in total. The smallest absolute Gasteiger partial charge is 0.353 e. The molecule has 0 aliphatic carbocycles. The van der Waals surface area contributed by atoms with Gasteiger partial charge in [0.15, 0.2) is 0 Å². The van der Waals surface area contributed by atoms with Crippen molar-refractivity contribution in [2.24, 2.45) is 0 Å². The number of carboxylic acid groups (broad SMARTS) is 1. The minimum atomic E-state index is -1.24. The number of hydrogen-bond acceptors (Lipinski definition) is 4. The number of nitrogens with zero attached hydrogens (tertiary/aromatic N) is 1. The fraction of sp³-hybridized carbons (Fsp3) is 0.0833. The highest BCUT2D eigenvalue weighted by Crippen LogP contribution is 2.16. The van der Waals surface area contributed by atoms with Gasteiger partial charge in [-0.25, -0.2) is 4.79 Å². The van der Waals surface area contributed by atoms with E-state index in [0.29, 0.717) is 11.1 Å². The SMILES string of the molecule is CN/C(C(=O)O)=C(/Cl)C(=N)c1ccc(C#N)cc1. The zero-order valence-corrected chi connectivity index (χ0v) is 10.2. The third-order valence-electron chi connectivity index (χ3n) is 2.21. The second kappa shape index (κ2) is 5.84. The molecule has 6 heteroatoms. The van der Waals surface area contributed by atoms with Crippen molar-refractivity contribution < 1.29 is 9.90 Å². The van der Waals surface area contributed by atoms with Gasteiger partial charge in [-0.1, -0.05) is 23.7 Å². The number of likely N-dealkylation sites (N-methyl/N-ethyl adjacent to an activating group) is 1. The molecule has 0 bridgehead atoms. The van der Waals surface area contributed by atoms with Gasteiger partial charge in [0.2, 0.25) is 0 Å². The summed E-state index contributed by atoms with van der Waals surface area (Å²) in [5, 5.41) is 27.6. The summed E-state index contributed by atoms with van der Waals surface area (Å²) in [6.45, 7) is 0. The molecule has 1 aromatic rings. The Balaban J connectivity index is 3.14. The predicted octanol–water partition coefficient (Wildman–Crippen LogP) is 1.68. The lowest BCUT2D eigenvalue weighted by Gasteiger charge is -2.07. The van der Waals surface area contributed by atoms with Gasteiger partial charge in [-0.05, 0) is 12.1 Å².